The number of carbonyl (C=O) groups is 1. The van der Waals surface area contributed by atoms with E-state index in [1.165, 1.54) is 0 Å². The first-order valence-electron chi connectivity index (χ1n) is 7.18. The van der Waals surface area contributed by atoms with Gasteiger partial charge in [-0.1, -0.05) is 6.92 Å². The van der Waals surface area contributed by atoms with E-state index >= 15 is 0 Å². The Balaban J connectivity index is 2.22. The topological polar surface area (TPSA) is 64.2 Å². The monoisotopic (exact) mass is 264 g/mol. The molecule has 0 aliphatic carbocycles. The molecule has 0 aromatic carbocycles. The number of aryl methyl sites for hydroxylation is 2. The molecule has 2 unspecified atom stereocenters. The molecule has 106 valence electrons. The molecule has 1 aromatic rings. The van der Waals surface area contributed by atoms with Gasteiger partial charge in [0.15, 0.2) is 0 Å². The molecule has 2 rings (SSSR count). The van der Waals surface area contributed by atoms with Crippen molar-refractivity contribution in [1.82, 2.24) is 14.7 Å². The number of nitrogens with zero attached hydrogens (tertiary/aromatic N) is 3. The van der Waals surface area contributed by atoms with Gasteiger partial charge in [0.2, 0.25) is 0 Å². The van der Waals surface area contributed by atoms with Gasteiger partial charge in [-0.05, 0) is 45.2 Å². The summed E-state index contributed by atoms with van der Waals surface area (Å²) in [5.41, 5.74) is 7.41. The van der Waals surface area contributed by atoms with Crippen LogP contribution in [0.2, 0.25) is 0 Å². The number of rotatable bonds is 4. The van der Waals surface area contributed by atoms with Gasteiger partial charge in [-0.25, -0.2) is 0 Å². The first-order valence-corrected chi connectivity index (χ1v) is 7.18. The molecule has 0 radical (unpaired) electrons. The lowest BCUT2D eigenvalue weighted by Crippen LogP contribution is -2.35. The second-order valence-electron chi connectivity index (χ2n) is 5.33. The highest BCUT2D eigenvalue weighted by molar-refractivity contribution is 5.93. The van der Waals surface area contributed by atoms with Gasteiger partial charge in [0.25, 0.3) is 5.91 Å². The fraction of sp³-hybridized carbons (Fsp3) is 0.714. The predicted octanol–water partition coefficient (Wildman–Crippen LogP) is 1.27. The van der Waals surface area contributed by atoms with Crippen LogP contribution in [0.1, 0.15) is 43.4 Å². The fourth-order valence-corrected chi connectivity index (χ4v) is 2.80. The van der Waals surface area contributed by atoms with Crippen LogP contribution in [0.15, 0.2) is 6.07 Å². The van der Waals surface area contributed by atoms with Crippen molar-refractivity contribution in [3.63, 3.8) is 0 Å². The molecule has 5 heteroatoms. The number of hydrogen-bond donors (Lipinski definition) is 1. The average molecular weight is 264 g/mol. The molecule has 1 saturated heterocycles. The largest absolute Gasteiger partial charge is 0.334 e. The quantitative estimate of drug-likeness (QED) is 0.891. The number of hydrogen-bond acceptors (Lipinski definition) is 3. The summed E-state index contributed by atoms with van der Waals surface area (Å²) in [6.07, 6.45) is 1.86. The van der Waals surface area contributed by atoms with Crippen molar-refractivity contribution < 1.29 is 4.79 Å². The van der Waals surface area contributed by atoms with E-state index in [4.69, 9.17) is 5.73 Å². The van der Waals surface area contributed by atoms with Gasteiger partial charge >= 0.3 is 0 Å². The van der Waals surface area contributed by atoms with Crippen LogP contribution in [0.4, 0.5) is 0 Å². The Morgan fingerprint density at radius 1 is 1.53 bits per heavy atom. The van der Waals surface area contributed by atoms with Gasteiger partial charge in [-0.2, -0.15) is 5.10 Å². The number of carbonyl (C=O) groups excluding carboxylic acids is 1. The molecule has 2 atom stereocenters. The minimum atomic E-state index is 0.0949. The predicted molar refractivity (Wildman–Crippen MR) is 74.9 cm³/mol. The van der Waals surface area contributed by atoms with E-state index < -0.39 is 0 Å². The Kier molecular flexibility index (Phi) is 4.24. The average Bonchev–Trinajstić information content (AvgIpc) is 3.00. The zero-order valence-corrected chi connectivity index (χ0v) is 12.1. The van der Waals surface area contributed by atoms with Crippen molar-refractivity contribution in [2.45, 2.75) is 46.2 Å². The standard InChI is InChI=1S/C14H24N4O/c1-4-12-7-13(18(5-2)16-12)14(19)17-9-11(8-15)6-10(17)3/h7,10-11H,4-6,8-9,15H2,1-3H3. The van der Waals surface area contributed by atoms with E-state index in [0.29, 0.717) is 18.2 Å². The molecular formula is C14H24N4O. The van der Waals surface area contributed by atoms with E-state index in [-0.39, 0.29) is 11.9 Å². The first-order chi connectivity index (χ1) is 9.10. The Morgan fingerprint density at radius 3 is 2.79 bits per heavy atom. The maximum absolute atomic E-state index is 12.7. The van der Waals surface area contributed by atoms with Crippen LogP contribution in [-0.4, -0.2) is 39.7 Å². The molecule has 1 aliphatic rings. The summed E-state index contributed by atoms with van der Waals surface area (Å²) >= 11 is 0. The maximum atomic E-state index is 12.7. The van der Waals surface area contributed by atoms with E-state index in [9.17, 15) is 4.79 Å². The molecule has 1 fully saturated rings. The Hall–Kier alpha value is -1.36. The summed E-state index contributed by atoms with van der Waals surface area (Å²) in [6, 6.07) is 2.19. The first kappa shape index (κ1) is 14.1. The van der Waals surface area contributed by atoms with E-state index in [2.05, 4.69) is 18.9 Å². The van der Waals surface area contributed by atoms with Crippen molar-refractivity contribution in [2.24, 2.45) is 11.7 Å². The molecule has 19 heavy (non-hydrogen) atoms. The van der Waals surface area contributed by atoms with Crippen LogP contribution in [0.25, 0.3) is 0 Å². The zero-order chi connectivity index (χ0) is 14.0. The number of aromatic nitrogens is 2. The highest BCUT2D eigenvalue weighted by Crippen LogP contribution is 2.24. The van der Waals surface area contributed by atoms with E-state index in [1.807, 2.05) is 22.6 Å². The summed E-state index contributed by atoms with van der Waals surface area (Å²) in [4.78, 5) is 14.6. The molecule has 0 spiro atoms. The second kappa shape index (κ2) is 5.74. The molecule has 1 amide bonds. The summed E-state index contributed by atoms with van der Waals surface area (Å²) in [5.74, 6) is 0.528. The van der Waals surface area contributed by atoms with Crippen molar-refractivity contribution >= 4 is 5.91 Å². The normalized spacial score (nSPS) is 23.1. The third kappa shape index (κ3) is 2.66. The van der Waals surface area contributed by atoms with Crippen LogP contribution in [0, 0.1) is 5.92 Å². The van der Waals surface area contributed by atoms with Crippen molar-refractivity contribution in [3.8, 4) is 0 Å². The lowest BCUT2D eigenvalue weighted by Gasteiger charge is -2.21. The fourth-order valence-electron chi connectivity index (χ4n) is 2.80. The lowest BCUT2D eigenvalue weighted by atomic mass is 10.1. The molecule has 5 nitrogen and oxygen atoms in total. The summed E-state index contributed by atoms with van der Waals surface area (Å²) in [7, 11) is 0. The Labute approximate surface area is 114 Å². The van der Waals surface area contributed by atoms with E-state index in [1.54, 1.807) is 0 Å². The second-order valence-corrected chi connectivity index (χ2v) is 5.33. The third-order valence-electron chi connectivity index (χ3n) is 3.97. The van der Waals surface area contributed by atoms with Crippen LogP contribution >= 0.6 is 0 Å². The molecule has 0 bridgehead atoms. The summed E-state index contributed by atoms with van der Waals surface area (Å²) < 4.78 is 1.81. The Bertz CT molecular complexity index is 454. The highest BCUT2D eigenvalue weighted by Gasteiger charge is 2.33. The maximum Gasteiger partial charge on any atom is 0.272 e. The van der Waals surface area contributed by atoms with Gasteiger partial charge in [0.05, 0.1) is 5.69 Å². The zero-order valence-electron chi connectivity index (χ0n) is 12.1. The number of amides is 1. The third-order valence-corrected chi connectivity index (χ3v) is 3.97. The van der Waals surface area contributed by atoms with Crippen LogP contribution < -0.4 is 5.73 Å². The number of likely N-dealkylation sites (tertiary alicyclic amines) is 1. The van der Waals surface area contributed by atoms with Gasteiger partial charge in [0, 0.05) is 19.1 Å². The van der Waals surface area contributed by atoms with Crippen LogP contribution in [-0.2, 0) is 13.0 Å². The van der Waals surface area contributed by atoms with Crippen LogP contribution in [0.5, 0.6) is 0 Å². The van der Waals surface area contributed by atoms with Gasteiger partial charge in [0.1, 0.15) is 5.69 Å². The SMILES string of the molecule is CCc1cc(C(=O)N2CC(CN)CC2C)n(CC)n1. The van der Waals surface area contributed by atoms with Gasteiger partial charge < -0.3 is 10.6 Å². The van der Waals surface area contributed by atoms with Gasteiger partial charge in [-0.3, -0.25) is 9.48 Å². The Morgan fingerprint density at radius 2 is 2.26 bits per heavy atom. The molecule has 2 heterocycles. The molecule has 1 aromatic heterocycles. The van der Waals surface area contributed by atoms with Crippen molar-refractivity contribution in [3.05, 3.63) is 17.5 Å². The van der Waals surface area contributed by atoms with Crippen molar-refractivity contribution in [1.29, 1.82) is 0 Å². The minimum absolute atomic E-state index is 0.0949. The summed E-state index contributed by atoms with van der Waals surface area (Å²) in [6.45, 7) is 8.32. The minimum Gasteiger partial charge on any atom is -0.334 e. The van der Waals surface area contributed by atoms with Crippen LogP contribution in [0.3, 0.4) is 0 Å². The smallest absolute Gasteiger partial charge is 0.272 e. The van der Waals surface area contributed by atoms with Crippen molar-refractivity contribution in [2.75, 3.05) is 13.1 Å². The lowest BCUT2D eigenvalue weighted by molar-refractivity contribution is 0.0731. The molecular weight excluding hydrogens is 240 g/mol. The molecule has 2 N–H and O–H groups in total. The highest BCUT2D eigenvalue weighted by atomic mass is 16.2. The van der Waals surface area contributed by atoms with Gasteiger partial charge in [-0.15, -0.1) is 0 Å². The van der Waals surface area contributed by atoms with E-state index in [0.717, 1.165) is 31.6 Å². The number of nitrogens with two attached hydrogens (primary N) is 1. The summed E-state index contributed by atoms with van der Waals surface area (Å²) in [5, 5.41) is 4.45. The molecule has 0 saturated carbocycles. The molecule has 1 aliphatic heterocycles.